The molecule has 0 aliphatic carbocycles. The van der Waals surface area contributed by atoms with Gasteiger partial charge in [-0.05, 0) is 43.5 Å². The van der Waals surface area contributed by atoms with Gasteiger partial charge in [-0.2, -0.15) is 0 Å². The molecule has 14 heavy (non-hydrogen) atoms. The molecular formula is C11H14O3. The van der Waals surface area contributed by atoms with Gasteiger partial charge in [0.15, 0.2) is 0 Å². The maximum absolute atomic E-state index is 10.8. The standard InChI is InChI=1S/C11H14O3/c1-6-7(2)10(12)5-4-9(6)8(3)11(13)14/h4-5,8,12H,1-3H3,(H,13,14). The van der Waals surface area contributed by atoms with E-state index in [0.717, 1.165) is 16.7 Å². The van der Waals surface area contributed by atoms with Crippen LogP contribution in [-0.2, 0) is 4.79 Å². The van der Waals surface area contributed by atoms with E-state index in [2.05, 4.69) is 0 Å². The van der Waals surface area contributed by atoms with Gasteiger partial charge in [0.25, 0.3) is 0 Å². The van der Waals surface area contributed by atoms with Crippen LogP contribution in [0.2, 0.25) is 0 Å². The van der Waals surface area contributed by atoms with Crippen LogP contribution in [0.25, 0.3) is 0 Å². The molecule has 1 unspecified atom stereocenters. The van der Waals surface area contributed by atoms with Crippen LogP contribution in [0.15, 0.2) is 12.1 Å². The largest absolute Gasteiger partial charge is 0.508 e. The molecule has 0 radical (unpaired) electrons. The van der Waals surface area contributed by atoms with E-state index in [0.29, 0.717) is 0 Å². The predicted octanol–water partition coefficient (Wildman–Crippen LogP) is 2.20. The molecule has 1 rings (SSSR count). The fourth-order valence-electron chi connectivity index (χ4n) is 1.43. The minimum absolute atomic E-state index is 0.212. The van der Waals surface area contributed by atoms with Crippen molar-refractivity contribution in [2.45, 2.75) is 26.7 Å². The van der Waals surface area contributed by atoms with Crippen LogP contribution in [0.1, 0.15) is 29.5 Å². The Bertz CT molecular complexity index is 369. The van der Waals surface area contributed by atoms with Gasteiger partial charge in [0.05, 0.1) is 5.92 Å². The molecule has 0 spiro atoms. The van der Waals surface area contributed by atoms with Crippen LogP contribution in [-0.4, -0.2) is 16.2 Å². The maximum atomic E-state index is 10.8. The van der Waals surface area contributed by atoms with Gasteiger partial charge < -0.3 is 10.2 Å². The molecule has 3 heteroatoms. The Kier molecular flexibility index (Phi) is 2.79. The summed E-state index contributed by atoms with van der Waals surface area (Å²) in [6.07, 6.45) is 0. The van der Waals surface area contributed by atoms with Gasteiger partial charge in [0.2, 0.25) is 0 Å². The fourth-order valence-corrected chi connectivity index (χ4v) is 1.43. The summed E-state index contributed by atoms with van der Waals surface area (Å²) in [5, 5.41) is 18.3. The predicted molar refractivity (Wildman–Crippen MR) is 53.6 cm³/mol. The molecule has 0 saturated carbocycles. The summed E-state index contributed by atoms with van der Waals surface area (Å²) >= 11 is 0. The van der Waals surface area contributed by atoms with Crippen LogP contribution in [0.5, 0.6) is 5.75 Å². The molecule has 0 amide bonds. The summed E-state index contributed by atoms with van der Waals surface area (Å²) in [5.41, 5.74) is 2.35. The Morgan fingerprint density at radius 3 is 2.36 bits per heavy atom. The van der Waals surface area contributed by atoms with E-state index in [4.69, 9.17) is 5.11 Å². The lowest BCUT2D eigenvalue weighted by atomic mass is 9.93. The molecule has 2 N–H and O–H groups in total. The SMILES string of the molecule is Cc1c(O)ccc(C(C)C(=O)O)c1C. The number of phenols is 1. The van der Waals surface area contributed by atoms with Gasteiger partial charge in [-0.15, -0.1) is 0 Å². The number of rotatable bonds is 2. The molecule has 0 aromatic heterocycles. The number of phenolic OH excluding ortho intramolecular Hbond substituents is 1. The van der Waals surface area contributed by atoms with Gasteiger partial charge in [0.1, 0.15) is 5.75 Å². The smallest absolute Gasteiger partial charge is 0.310 e. The number of benzene rings is 1. The summed E-state index contributed by atoms with van der Waals surface area (Å²) in [4.78, 5) is 10.8. The number of carboxylic acid groups (broad SMARTS) is 1. The lowest BCUT2D eigenvalue weighted by molar-refractivity contribution is -0.138. The fraction of sp³-hybridized carbons (Fsp3) is 0.364. The molecule has 76 valence electrons. The van der Waals surface area contributed by atoms with Crippen LogP contribution < -0.4 is 0 Å². The van der Waals surface area contributed by atoms with Crippen LogP contribution in [0, 0.1) is 13.8 Å². The molecule has 0 aliphatic heterocycles. The first-order valence-corrected chi connectivity index (χ1v) is 4.47. The third-order valence-corrected chi connectivity index (χ3v) is 2.64. The molecule has 3 nitrogen and oxygen atoms in total. The van der Waals surface area contributed by atoms with Gasteiger partial charge in [-0.25, -0.2) is 0 Å². The summed E-state index contributed by atoms with van der Waals surface area (Å²) in [7, 11) is 0. The quantitative estimate of drug-likeness (QED) is 0.758. The van der Waals surface area contributed by atoms with E-state index in [1.807, 2.05) is 6.92 Å². The van der Waals surface area contributed by atoms with E-state index in [9.17, 15) is 9.90 Å². The second kappa shape index (κ2) is 3.70. The average Bonchev–Trinajstić information content (AvgIpc) is 2.13. The number of aromatic hydroxyl groups is 1. The summed E-state index contributed by atoms with van der Waals surface area (Å²) in [6, 6.07) is 3.20. The third kappa shape index (κ3) is 1.71. The number of hydrogen-bond acceptors (Lipinski definition) is 2. The summed E-state index contributed by atoms with van der Waals surface area (Å²) in [5.74, 6) is -1.17. The van der Waals surface area contributed by atoms with E-state index in [1.54, 1.807) is 19.9 Å². The monoisotopic (exact) mass is 194 g/mol. The van der Waals surface area contributed by atoms with Crippen molar-refractivity contribution < 1.29 is 15.0 Å². The Balaban J connectivity index is 3.24. The van der Waals surface area contributed by atoms with Crippen molar-refractivity contribution in [1.29, 1.82) is 0 Å². The number of carboxylic acids is 1. The highest BCUT2D eigenvalue weighted by Crippen LogP contribution is 2.27. The van der Waals surface area contributed by atoms with Gasteiger partial charge in [0, 0.05) is 0 Å². The first kappa shape index (κ1) is 10.6. The average molecular weight is 194 g/mol. The van der Waals surface area contributed by atoms with E-state index in [-0.39, 0.29) is 5.75 Å². The van der Waals surface area contributed by atoms with Crippen molar-refractivity contribution >= 4 is 5.97 Å². The Hall–Kier alpha value is -1.51. The molecule has 0 aliphatic rings. The maximum Gasteiger partial charge on any atom is 0.310 e. The molecule has 1 aromatic rings. The minimum atomic E-state index is -0.849. The molecule has 0 fully saturated rings. The van der Waals surface area contributed by atoms with Crippen LogP contribution >= 0.6 is 0 Å². The molecule has 0 bridgehead atoms. The van der Waals surface area contributed by atoms with Crippen molar-refractivity contribution in [3.63, 3.8) is 0 Å². The molecule has 0 heterocycles. The zero-order valence-corrected chi connectivity index (χ0v) is 8.53. The van der Waals surface area contributed by atoms with E-state index in [1.165, 1.54) is 6.07 Å². The molecule has 0 saturated heterocycles. The summed E-state index contributed by atoms with van der Waals surface area (Å²) in [6.45, 7) is 5.24. The normalized spacial score (nSPS) is 12.5. The van der Waals surface area contributed by atoms with E-state index >= 15 is 0 Å². The Morgan fingerprint density at radius 1 is 1.29 bits per heavy atom. The lowest BCUT2D eigenvalue weighted by Crippen LogP contribution is -2.09. The van der Waals surface area contributed by atoms with Crippen LogP contribution in [0.3, 0.4) is 0 Å². The van der Waals surface area contributed by atoms with Gasteiger partial charge in [-0.3, -0.25) is 4.79 Å². The van der Waals surface area contributed by atoms with Crippen LogP contribution in [0.4, 0.5) is 0 Å². The molecular weight excluding hydrogens is 180 g/mol. The van der Waals surface area contributed by atoms with Crippen molar-refractivity contribution in [2.24, 2.45) is 0 Å². The number of aliphatic carboxylic acids is 1. The van der Waals surface area contributed by atoms with E-state index < -0.39 is 11.9 Å². The second-order valence-electron chi connectivity index (χ2n) is 3.48. The highest BCUT2D eigenvalue weighted by molar-refractivity contribution is 5.76. The van der Waals surface area contributed by atoms with Gasteiger partial charge >= 0.3 is 5.97 Å². The summed E-state index contributed by atoms with van der Waals surface area (Å²) < 4.78 is 0. The zero-order valence-electron chi connectivity index (χ0n) is 8.53. The number of carbonyl (C=O) groups is 1. The Labute approximate surface area is 83.0 Å². The van der Waals surface area contributed by atoms with Crippen molar-refractivity contribution in [2.75, 3.05) is 0 Å². The highest BCUT2D eigenvalue weighted by atomic mass is 16.4. The zero-order chi connectivity index (χ0) is 10.9. The molecule has 1 atom stereocenters. The Morgan fingerprint density at radius 2 is 1.86 bits per heavy atom. The highest BCUT2D eigenvalue weighted by Gasteiger charge is 2.17. The van der Waals surface area contributed by atoms with Gasteiger partial charge in [-0.1, -0.05) is 6.07 Å². The molecule has 1 aromatic carbocycles. The second-order valence-corrected chi connectivity index (χ2v) is 3.48. The van der Waals surface area contributed by atoms with Crippen molar-refractivity contribution in [3.8, 4) is 5.75 Å². The topological polar surface area (TPSA) is 57.5 Å². The first-order valence-electron chi connectivity index (χ1n) is 4.47. The number of hydrogen-bond donors (Lipinski definition) is 2. The third-order valence-electron chi connectivity index (χ3n) is 2.64. The minimum Gasteiger partial charge on any atom is -0.508 e. The van der Waals surface area contributed by atoms with Crippen molar-refractivity contribution in [1.82, 2.24) is 0 Å². The first-order chi connectivity index (χ1) is 6.45. The van der Waals surface area contributed by atoms with Crippen molar-refractivity contribution in [3.05, 3.63) is 28.8 Å². The lowest BCUT2D eigenvalue weighted by Gasteiger charge is -2.13.